The molecule has 2 amide bonds. The molecule has 0 aromatic heterocycles. The van der Waals surface area contributed by atoms with Gasteiger partial charge in [0.05, 0.1) is 6.42 Å². The molecule has 0 bridgehead atoms. The van der Waals surface area contributed by atoms with E-state index in [0.717, 1.165) is 36.0 Å². The number of hydrogen-bond acceptors (Lipinski definition) is 2. The molecule has 4 nitrogen and oxygen atoms in total. The van der Waals surface area contributed by atoms with Gasteiger partial charge < -0.3 is 10.2 Å². The van der Waals surface area contributed by atoms with Crippen molar-refractivity contribution in [1.29, 1.82) is 0 Å². The number of piperidine rings is 1. The highest BCUT2D eigenvalue weighted by molar-refractivity contribution is 6.30. The summed E-state index contributed by atoms with van der Waals surface area (Å²) in [4.78, 5) is 26.9. The number of rotatable bonds is 6. The number of hydrogen-bond donors (Lipinski definition) is 1. The number of nitrogens with zero attached hydrogens (tertiary/aromatic N) is 1. The lowest BCUT2D eigenvalue weighted by Crippen LogP contribution is -2.43. The summed E-state index contributed by atoms with van der Waals surface area (Å²) in [5.41, 5.74) is 3.34. The van der Waals surface area contributed by atoms with E-state index in [1.807, 2.05) is 60.4 Å². The van der Waals surface area contributed by atoms with E-state index in [1.54, 1.807) is 0 Å². The normalized spacial score (nSPS) is 14.7. The van der Waals surface area contributed by atoms with Crippen molar-refractivity contribution < 1.29 is 9.59 Å². The largest absolute Gasteiger partial charge is 0.356 e. The van der Waals surface area contributed by atoms with Gasteiger partial charge in [0.1, 0.15) is 0 Å². The van der Waals surface area contributed by atoms with Gasteiger partial charge in [-0.2, -0.15) is 0 Å². The fourth-order valence-corrected chi connectivity index (χ4v) is 3.85. The van der Waals surface area contributed by atoms with E-state index in [4.69, 9.17) is 11.6 Å². The molecule has 1 aliphatic heterocycles. The maximum Gasteiger partial charge on any atom is 0.226 e. The summed E-state index contributed by atoms with van der Waals surface area (Å²) in [6.07, 6.45) is 2.65. The van der Waals surface area contributed by atoms with Crippen molar-refractivity contribution in [3.05, 3.63) is 70.2 Å². The highest BCUT2D eigenvalue weighted by atomic mass is 35.5. The molecule has 1 saturated heterocycles. The Morgan fingerprint density at radius 1 is 1.11 bits per heavy atom. The van der Waals surface area contributed by atoms with E-state index in [1.165, 1.54) is 0 Å². The van der Waals surface area contributed by atoms with E-state index in [0.29, 0.717) is 31.1 Å². The highest BCUT2D eigenvalue weighted by Crippen LogP contribution is 2.19. The zero-order valence-electron chi connectivity index (χ0n) is 16.3. The van der Waals surface area contributed by atoms with Gasteiger partial charge in [-0.3, -0.25) is 9.59 Å². The van der Waals surface area contributed by atoms with E-state index < -0.39 is 0 Å². The number of amides is 2. The van der Waals surface area contributed by atoms with Gasteiger partial charge in [-0.1, -0.05) is 48.0 Å². The Morgan fingerprint density at radius 2 is 1.86 bits per heavy atom. The van der Waals surface area contributed by atoms with Crippen LogP contribution in [-0.4, -0.2) is 36.3 Å². The Kier molecular flexibility index (Phi) is 7.10. The van der Waals surface area contributed by atoms with E-state index >= 15 is 0 Å². The van der Waals surface area contributed by atoms with Crippen LogP contribution >= 0.6 is 11.6 Å². The third kappa shape index (κ3) is 5.59. The molecule has 1 N–H and O–H groups in total. The second kappa shape index (κ2) is 9.74. The molecule has 0 radical (unpaired) electrons. The minimum Gasteiger partial charge on any atom is -0.356 e. The summed E-state index contributed by atoms with van der Waals surface area (Å²) in [5.74, 6) is 0.226. The monoisotopic (exact) mass is 398 g/mol. The van der Waals surface area contributed by atoms with Crippen molar-refractivity contribution in [1.82, 2.24) is 10.2 Å². The summed E-state index contributed by atoms with van der Waals surface area (Å²) < 4.78 is 0. The van der Waals surface area contributed by atoms with E-state index in [9.17, 15) is 9.59 Å². The maximum absolute atomic E-state index is 12.6. The van der Waals surface area contributed by atoms with Gasteiger partial charge in [0.15, 0.2) is 0 Å². The van der Waals surface area contributed by atoms with Crippen LogP contribution in [-0.2, 0) is 22.4 Å². The van der Waals surface area contributed by atoms with Gasteiger partial charge in [0, 0.05) is 30.6 Å². The first kappa shape index (κ1) is 20.4. The molecule has 0 atom stereocenters. The third-order valence-corrected chi connectivity index (χ3v) is 5.66. The Morgan fingerprint density at radius 3 is 2.57 bits per heavy atom. The molecular weight excluding hydrogens is 372 g/mol. The lowest BCUT2D eigenvalue weighted by Gasteiger charge is -2.31. The molecule has 1 aliphatic rings. The number of halogens is 1. The fraction of sp³-hybridized carbons (Fsp3) is 0.391. The Balaban J connectivity index is 1.41. The highest BCUT2D eigenvalue weighted by Gasteiger charge is 2.27. The molecule has 0 aliphatic carbocycles. The maximum atomic E-state index is 12.6. The minimum absolute atomic E-state index is 0.0122. The number of benzene rings is 2. The smallest absolute Gasteiger partial charge is 0.226 e. The van der Waals surface area contributed by atoms with Gasteiger partial charge in [0.25, 0.3) is 0 Å². The zero-order valence-corrected chi connectivity index (χ0v) is 17.0. The second-order valence-corrected chi connectivity index (χ2v) is 7.87. The van der Waals surface area contributed by atoms with Crippen LogP contribution in [0.4, 0.5) is 0 Å². The first-order valence-corrected chi connectivity index (χ1v) is 10.2. The lowest BCUT2D eigenvalue weighted by molar-refractivity contribution is -0.135. The minimum atomic E-state index is -0.0122. The number of carbonyl (C=O) groups excluding carboxylic acids is 2. The molecular formula is C23H27ClN2O2. The number of carbonyl (C=O) groups is 2. The van der Waals surface area contributed by atoms with Crippen LogP contribution in [0.25, 0.3) is 0 Å². The molecule has 3 rings (SSSR count). The Labute approximate surface area is 171 Å². The Bertz CT molecular complexity index is 829. The van der Waals surface area contributed by atoms with Crippen molar-refractivity contribution in [3.8, 4) is 0 Å². The summed E-state index contributed by atoms with van der Waals surface area (Å²) in [6.45, 7) is 3.93. The number of nitrogens with one attached hydrogen (secondary N) is 1. The standard InChI is InChI=1S/C23H27ClN2O2/c1-17-5-2-3-7-20(17)16-22(27)26-13-10-19(11-14-26)23(28)25-12-9-18-6-4-8-21(24)15-18/h2-8,15,19H,9-14,16H2,1H3,(H,25,28). The molecule has 148 valence electrons. The van der Waals surface area contributed by atoms with E-state index in [2.05, 4.69) is 5.32 Å². The topological polar surface area (TPSA) is 49.4 Å². The molecule has 0 saturated carbocycles. The molecule has 2 aromatic rings. The van der Waals surface area contributed by atoms with Crippen molar-refractivity contribution in [2.75, 3.05) is 19.6 Å². The van der Waals surface area contributed by atoms with E-state index in [-0.39, 0.29) is 17.7 Å². The molecule has 2 aromatic carbocycles. The summed E-state index contributed by atoms with van der Waals surface area (Å²) in [5, 5.41) is 3.74. The van der Waals surface area contributed by atoms with Crippen LogP contribution in [0.3, 0.4) is 0 Å². The molecule has 0 spiro atoms. The number of aryl methyl sites for hydroxylation is 1. The van der Waals surface area contributed by atoms with Crippen LogP contribution in [0, 0.1) is 12.8 Å². The van der Waals surface area contributed by atoms with Crippen LogP contribution < -0.4 is 5.32 Å². The van der Waals surface area contributed by atoms with Gasteiger partial charge in [0.2, 0.25) is 11.8 Å². The molecule has 5 heteroatoms. The number of likely N-dealkylation sites (tertiary alicyclic amines) is 1. The molecule has 0 unspecified atom stereocenters. The first-order valence-electron chi connectivity index (χ1n) is 9.87. The SMILES string of the molecule is Cc1ccccc1CC(=O)N1CCC(C(=O)NCCc2cccc(Cl)c2)CC1. The van der Waals surface area contributed by atoms with Gasteiger partial charge in [-0.05, 0) is 55.0 Å². The predicted molar refractivity (Wildman–Crippen MR) is 112 cm³/mol. The average molecular weight is 399 g/mol. The van der Waals surface area contributed by atoms with Crippen LogP contribution in [0.15, 0.2) is 48.5 Å². The van der Waals surface area contributed by atoms with Crippen molar-refractivity contribution in [2.24, 2.45) is 5.92 Å². The summed E-state index contributed by atoms with van der Waals surface area (Å²) in [7, 11) is 0. The van der Waals surface area contributed by atoms with Crippen molar-refractivity contribution in [2.45, 2.75) is 32.6 Å². The predicted octanol–water partition coefficient (Wildman–Crippen LogP) is 3.79. The first-order chi connectivity index (χ1) is 13.5. The molecule has 1 fully saturated rings. The molecule has 1 heterocycles. The Hall–Kier alpha value is -2.33. The van der Waals surface area contributed by atoms with Gasteiger partial charge in [-0.25, -0.2) is 0 Å². The molecule has 28 heavy (non-hydrogen) atoms. The summed E-state index contributed by atoms with van der Waals surface area (Å²) in [6, 6.07) is 15.7. The van der Waals surface area contributed by atoms with Crippen LogP contribution in [0.5, 0.6) is 0 Å². The van der Waals surface area contributed by atoms with Crippen LogP contribution in [0.2, 0.25) is 5.02 Å². The van der Waals surface area contributed by atoms with Gasteiger partial charge in [-0.15, -0.1) is 0 Å². The average Bonchev–Trinajstić information content (AvgIpc) is 2.70. The lowest BCUT2D eigenvalue weighted by atomic mass is 9.95. The quantitative estimate of drug-likeness (QED) is 0.804. The summed E-state index contributed by atoms with van der Waals surface area (Å²) >= 11 is 5.99. The second-order valence-electron chi connectivity index (χ2n) is 7.43. The third-order valence-electron chi connectivity index (χ3n) is 5.42. The van der Waals surface area contributed by atoms with Crippen molar-refractivity contribution in [3.63, 3.8) is 0 Å². The fourth-order valence-electron chi connectivity index (χ4n) is 3.64. The van der Waals surface area contributed by atoms with Crippen LogP contribution in [0.1, 0.15) is 29.5 Å². The van der Waals surface area contributed by atoms with Gasteiger partial charge >= 0.3 is 0 Å². The van der Waals surface area contributed by atoms with Crippen molar-refractivity contribution >= 4 is 23.4 Å². The zero-order chi connectivity index (χ0) is 19.9.